The molecule has 4 nitrogen and oxygen atoms in total. The first-order valence-electron chi connectivity index (χ1n) is 8.03. The van der Waals surface area contributed by atoms with Gasteiger partial charge in [0, 0.05) is 11.5 Å². The number of hydrazine groups is 1. The zero-order valence-corrected chi connectivity index (χ0v) is 13.7. The maximum Gasteiger partial charge on any atom is 0.269 e. The monoisotopic (exact) mass is 302 g/mol. The highest BCUT2D eigenvalue weighted by molar-refractivity contribution is 5.95. The first kappa shape index (κ1) is 16.5. The molecule has 0 spiro atoms. The Morgan fingerprint density at radius 2 is 1.55 bits per heavy atom. The summed E-state index contributed by atoms with van der Waals surface area (Å²) in [6, 6.07) is 8.88. The molecule has 1 fully saturated rings. The zero-order valence-electron chi connectivity index (χ0n) is 13.7. The minimum Gasteiger partial charge on any atom is -0.273 e. The SMILES string of the molecule is CC(C)(C)C1CCC(C(=O)NNC(=O)c2ccccc2)CC1. The molecule has 4 heteroatoms. The Labute approximate surface area is 132 Å². The lowest BCUT2D eigenvalue weighted by atomic mass is 9.70. The van der Waals surface area contributed by atoms with E-state index in [9.17, 15) is 9.59 Å². The summed E-state index contributed by atoms with van der Waals surface area (Å²) in [7, 11) is 0. The zero-order chi connectivity index (χ0) is 16.2. The molecular weight excluding hydrogens is 276 g/mol. The van der Waals surface area contributed by atoms with E-state index < -0.39 is 0 Å². The van der Waals surface area contributed by atoms with Crippen LogP contribution >= 0.6 is 0 Å². The van der Waals surface area contributed by atoms with Crippen molar-refractivity contribution in [3.05, 3.63) is 35.9 Å². The van der Waals surface area contributed by atoms with E-state index >= 15 is 0 Å². The summed E-state index contributed by atoms with van der Waals surface area (Å²) < 4.78 is 0. The van der Waals surface area contributed by atoms with E-state index in [1.807, 2.05) is 6.07 Å². The summed E-state index contributed by atoms with van der Waals surface area (Å²) in [5.41, 5.74) is 5.91. The van der Waals surface area contributed by atoms with Crippen LogP contribution in [0.15, 0.2) is 30.3 Å². The minimum absolute atomic E-state index is 0.00896. The van der Waals surface area contributed by atoms with Gasteiger partial charge in [0.25, 0.3) is 5.91 Å². The second-order valence-corrected chi connectivity index (χ2v) is 7.22. The molecule has 0 atom stereocenters. The number of carbonyl (C=O) groups excluding carboxylic acids is 2. The Bertz CT molecular complexity index is 512. The molecule has 0 unspecified atom stereocenters. The lowest BCUT2D eigenvalue weighted by Crippen LogP contribution is -2.45. The fraction of sp³-hybridized carbons (Fsp3) is 0.556. The van der Waals surface area contributed by atoms with Gasteiger partial charge in [-0.2, -0.15) is 0 Å². The molecule has 1 aromatic carbocycles. The molecule has 120 valence electrons. The number of nitrogens with one attached hydrogen (secondary N) is 2. The van der Waals surface area contributed by atoms with Crippen molar-refractivity contribution < 1.29 is 9.59 Å². The van der Waals surface area contributed by atoms with Crippen LogP contribution in [-0.2, 0) is 4.79 Å². The first-order valence-corrected chi connectivity index (χ1v) is 8.03. The molecular formula is C18H26N2O2. The summed E-state index contributed by atoms with van der Waals surface area (Å²) in [6.45, 7) is 6.79. The number of hydrogen-bond donors (Lipinski definition) is 2. The Kier molecular flexibility index (Phi) is 5.22. The number of amides is 2. The molecule has 1 aliphatic carbocycles. The molecule has 1 aromatic rings. The van der Waals surface area contributed by atoms with Crippen LogP contribution < -0.4 is 10.9 Å². The minimum atomic E-state index is -0.280. The van der Waals surface area contributed by atoms with Gasteiger partial charge in [0.15, 0.2) is 0 Å². The lowest BCUT2D eigenvalue weighted by Gasteiger charge is -2.36. The number of rotatable bonds is 2. The predicted molar refractivity (Wildman–Crippen MR) is 87.0 cm³/mol. The van der Waals surface area contributed by atoms with Gasteiger partial charge in [0.2, 0.25) is 5.91 Å². The van der Waals surface area contributed by atoms with Gasteiger partial charge in [-0.3, -0.25) is 20.4 Å². The summed E-state index contributed by atoms with van der Waals surface area (Å²) in [6.07, 6.45) is 3.95. The van der Waals surface area contributed by atoms with Crippen LogP contribution in [0, 0.1) is 17.3 Å². The van der Waals surface area contributed by atoms with Gasteiger partial charge in [0.05, 0.1) is 0 Å². The van der Waals surface area contributed by atoms with Crippen molar-refractivity contribution in [1.29, 1.82) is 0 Å². The van der Waals surface area contributed by atoms with Crippen molar-refractivity contribution in [1.82, 2.24) is 10.9 Å². The molecule has 2 rings (SSSR count). The molecule has 0 bridgehead atoms. The van der Waals surface area contributed by atoms with Crippen molar-refractivity contribution in [2.24, 2.45) is 17.3 Å². The molecule has 2 amide bonds. The standard InChI is InChI=1S/C18H26N2O2/c1-18(2,3)15-11-9-14(10-12-15)17(22)20-19-16(21)13-7-5-4-6-8-13/h4-8,14-15H,9-12H2,1-3H3,(H,19,21)(H,20,22). The van der Waals surface area contributed by atoms with E-state index in [-0.39, 0.29) is 17.7 Å². The molecule has 1 aliphatic rings. The molecule has 2 N–H and O–H groups in total. The largest absolute Gasteiger partial charge is 0.273 e. The summed E-state index contributed by atoms with van der Waals surface area (Å²) in [4.78, 5) is 24.1. The molecule has 0 aromatic heterocycles. The van der Waals surface area contributed by atoms with Crippen molar-refractivity contribution >= 4 is 11.8 Å². The van der Waals surface area contributed by atoms with E-state index in [0.29, 0.717) is 16.9 Å². The average molecular weight is 302 g/mol. The van der Waals surface area contributed by atoms with Gasteiger partial charge in [-0.1, -0.05) is 39.0 Å². The van der Waals surface area contributed by atoms with Gasteiger partial charge in [-0.15, -0.1) is 0 Å². The summed E-state index contributed by atoms with van der Waals surface area (Å²) in [5, 5.41) is 0. The molecule has 0 heterocycles. The smallest absolute Gasteiger partial charge is 0.269 e. The Balaban J connectivity index is 1.78. The molecule has 0 saturated heterocycles. The second kappa shape index (κ2) is 6.95. The summed E-state index contributed by atoms with van der Waals surface area (Å²) in [5.74, 6) is 0.333. The lowest BCUT2D eigenvalue weighted by molar-refractivity contribution is -0.127. The van der Waals surface area contributed by atoms with Crippen LogP contribution in [-0.4, -0.2) is 11.8 Å². The van der Waals surface area contributed by atoms with E-state index in [2.05, 4.69) is 31.6 Å². The van der Waals surface area contributed by atoms with Gasteiger partial charge >= 0.3 is 0 Å². The molecule has 22 heavy (non-hydrogen) atoms. The van der Waals surface area contributed by atoms with Crippen LogP contribution in [0.3, 0.4) is 0 Å². The Hall–Kier alpha value is -1.84. The maximum atomic E-state index is 12.2. The van der Waals surface area contributed by atoms with E-state index in [4.69, 9.17) is 0 Å². The van der Waals surface area contributed by atoms with Crippen molar-refractivity contribution in [2.45, 2.75) is 46.5 Å². The third kappa shape index (κ3) is 4.33. The van der Waals surface area contributed by atoms with Crippen molar-refractivity contribution in [3.63, 3.8) is 0 Å². The van der Waals surface area contributed by atoms with Crippen molar-refractivity contribution in [2.75, 3.05) is 0 Å². The third-order valence-corrected chi connectivity index (χ3v) is 4.66. The molecule has 0 aliphatic heterocycles. The van der Waals surface area contributed by atoms with Gasteiger partial charge in [-0.25, -0.2) is 0 Å². The molecule has 1 saturated carbocycles. The van der Waals surface area contributed by atoms with Gasteiger partial charge in [-0.05, 0) is 49.1 Å². The predicted octanol–water partition coefficient (Wildman–Crippen LogP) is 3.30. The van der Waals surface area contributed by atoms with Crippen LogP contribution in [0.4, 0.5) is 0 Å². The fourth-order valence-corrected chi connectivity index (χ4v) is 3.10. The highest BCUT2D eigenvalue weighted by Crippen LogP contribution is 2.39. The van der Waals surface area contributed by atoms with Crippen LogP contribution in [0.5, 0.6) is 0 Å². The fourth-order valence-electron chi connectivity index (χ4n) is 3.10. The van der Waals surface area contributed by atoms with E-state index in [0.717, 1.165) is 25.7 Å². The van der Waals surface area contributed by atoms with Crippen LogP contribution in [0.25, 0.3) is 0 Å². The number of benzene rings is 1. The number of carbonyl (C=O) groups is 2. The Morgan fingerprint density at radius 1 is 0.955 bits per heavy atom. The van der Waals surface area contributed by atoms with Crippen molar-refractivity contribution in [3.8, 4) is 0 Å². The van der Waals surface area contributed by atoms with E-state index in [1.54, 1.807) is 24.3 Å². The highest BCUT2D eigenvalue weighted by atomic mass is 16.2. The van der Waals surface area contributed by atoms with Crippen LogP contribution in [0.2, 0.25) is 0 Å². The first-order chi connectivity index (χ1) is 10.4. The normalized spacial score (nSPS) is 22.0. The van der Waals surface area contributed by atoms with Crippen LogP contribution in [0.1, 0.15) is 56.8 Å². The Morgan fingerprint density at radius 3 is 2.09 bits per heavy atom. The quantitative estimate of drug-likeness (QED) is 0.824. The maximum absolute atomic E-state index is 12.2. The average Bonchev–Trinajstić information content (AvgIpc) is 2.52. The van der Waals surface area contributed by atoms with Gasteiger partial charge in [0.1, 0.15) is 0 Å². The summed E-state index contributed by atoms with van der Waals surface area (Å²) >= 11 is 0. The highest BCUT2D eigenvalue weighted by Gasteiger charge is 2.32. The topological polar surface area (TPSA) is 58.2 Å². The number of hydrogen-bond acceptors (Lipinski definition) is 2. The third-order valence-electron chi connectivity index (χ3n) is 4.66. The van der Waals surface area contributed by atoms with E-state index in [1.165, 1.54) is 0 Å². The molecule has 0 radical (unpaired) electrons. The van der Waals surface area contributed by atoms with Gasteiger partial charge < -0.3 is 0 Å². The second-order valence-electron chi connectivity index (χ2n) is 7.22.